The van der Waals surface area contributed by atoms with Gasteiger partial charge >= 0.3 is 12.1 Å². The minimum Gasteiger partial charge on any atom is -0.444 e. The van der Waals surface area contributed by atoms with Crippen LogP contribution in [0.15, 0.2) is 30.3 Å². The SMILES string of the molecule is CC(C)(C)OC(=O)N1CCC[C@H]1C(=O)N1CCC[C@H]1C(=O)Oc1ccccc1. The second kappa shape index (κ2) is 8.20. The van der Waals surface area contributed by atoms with Gasteiger partial charge in [-0.2, -0.15) is 0 Å². The summed E-state index contributed by atoms with van der Waals surface area (Å²) in [5, 5.41) is 0. The smallest absolute Gasteiger partial charge is 0.410 e. The van der Waals surface area contributed by atoms with Crippen molar-refractivity contribution >= 4 is 18.0 Å². The van der Waals surface area contributed by atoms with E-state index in [4.69, 9.17) is 9.47 Å². The van der Waals surface area contributed by atoms with Gasteiger partial charge in [-0.15, -0.1) is 0 Å². The first-order chi connectivity index (χ1) is 13.3. The fraction of sp³-hybridized carbons (Fsp3) is 0.571. The van der Waals surface area contributed by atoms with Gasteiger partial charge in [0.15, 0.2) is 0 Å². The Balaban J connectivity index is 1.68. The maximum atomic E-state index is 13.2. The van der Waals surface area contributed by atoms with Gasteiger partial charge in [0.25, 0.3) is 0 Å². The summed E-state index contributed by atoms with van der Waals surface area (Å²) in [6.45, 7) is 6.38. The molecule has 0 aromatic heterocycles. The molecular formula is C21H28N2O5. The van der Waals surface area contributed by atoms with Crippen molar-refractivity contribution in [3.63, 3.8) is 0 Å². The Morgan fingerprint density at radius 3 is 2.18 bits per heavy atom. The average molecular weight is 388 g/mol. The molecule has 0 unspecified atom stereocenters. The molecule has 1 aromatic carbocycles. The Bertz CT molecular complexity index is 728. The van der Waals surface area contributed by atoms with Crippen LogP contribution in [-0.2, 0) is 14.3 Å². The van der Waals surface area contributed by atoms with Crippen LogP contribution in [0.5, 0.6) is 5.75 Å². The van der Waals surface area contributed by atoms with Crippen LogP contribution in [0.2, 0.25) is 0 Å². The number of likely N-dealkylation sites (tertiary alicyclic amines) is 2. The number of esters is 1. The van der Waals surface area contributed by atoms with Crippen molar-refractivity contribution in [1.29, 1.82) is 0 Å². The lowest BCUT2D eigenvalue weighted by Crippen LogP contribution is -2.52. The molecule has 152 valence electrons. The number of hydrogen-bond donors (Lipinski definition) is 0. The molecule has 2 aliphatic rings. The third-order valence-corrected chi connectivity index (χ3v) is 4.94. The Morgan fingerprint density at radius 2 is 1.54 bits per heavy atom. The topological polar surface area (TPSA) is 76.2 Å². The van der Waals surface area contributed by atoms with Crippen LogP contribution in [-0.4, -0.2) is 58.5 Å². The molecular weight excluding hydrogens is 360 g/mol. The summed E-state index contributed by atoms with van der Waals surface area (Å²) in [6.07, 6.45) is 2.14. The van der Waals surface area contributed by atoms with Crippen LogP contribution in [0, 0.1) is 0 Å². The average Bonchev–Trinajstić information content (AvgIpc) is 3.30. The highest BCUT2D eigenvalue weighted by molar-refractivity contribution is 5.91. The molecule has 2 aliphatic heterocycles. The number of amides is 2. The molecule has 0 aliphatic carbocycles. The number of carbonyl (C=O) groups excluding carboxylic acids is 3. The highest BCUT2D eigenvalue weighted by Crippen LogP contribution is 2.27. The van der Waals surface area contributed by atoms with Crippen molar-refractivity contribution in [2.75, 3.05) is 13.1 Å². The van der Waals surface area contributed by atoms with E-state index in [1.54, 1.807) is 49.9 Å². The molecule has 7 nitrogen and oxygen atoms in total. The maximum Gasteiger partial charge on any atom is 0.410 e. The molecule has 3 rings (SSSR count). The molecule has 0 spiro atoms. The summed E-state index contributed by atoms with van der Waals surface area (Å²) < 4.78 is 10.9. The molecule has 7 heteroatoms. The fourth-order valence-corrected chi connectivity index (χ4v) is 3.70. The van der Waals surface area contributed by atoms with Gasteiger partial charge in [0.05, 0.1) is 0 Å². The minimum absolute atomic E-state index is 0.198. The number of para-hydroxylation sites is 1. The minimum atomic E-state index is -0.622. The van der Waals surface area contributed by atoms with E-state index in [0.29, 0.717) is 31.7 Å². The number of benzene rings is 1. The highest BCUT2D eigenvalue weighted by atomic mass is 16.6. The first-order valence-electron chi connectivity index (χ1n) is 9.83. The quantitative estimate of drug-likeness (QED) is 0.588. The van der Waals surface area contributed by atoms with Crippen LogP contribution < -0.4 is 4.74 Å². The zero-order valence-electron chi connectivity index (χ0n) is 16.7. The maximum absolute atomic E-state index is 13.2. The van der Waals surface area contributed by atoms with Gasteiger partial charge in [-0.3, -0.25) is 9.69 Å². The van der Waals surface area contributed by atoms with E-state index in [0.717, 1.165) is 12.8 Å². The molecule has 0 saturated carbocycles. The van der Waals surface area contributed by atoms with Gasteiger partial charge < -0.3 is 14.4 Å². The van der Waals surface area contributed by atoms with E-state index in [9.17, 15) is 14.4 Å². The van der Waals surface area contributed by atoms with E-state index >= 15 is 0 Å². The summed E-state index contributed by atoms with van der Waals surface area (Å²) in [5.74, 6) is -0.169. The molecule has 28 heavy (non-hydrogen) atoms. The lowest BCUT2D eigenvalue weighted by Gasteiger charge is -2.31. The zero-order chi connectivity index (χ0) is 20.3. The standard InChI is InChI=1S/C21H28N2O5/c1-21(2,3)28-20(26)23-14-7-11-16(23)18(24)22-13-8-12-17(22)19(25)27-15-9-5-4-6-10-15/h4-6,9-10,16-17H,7-8,11-14H2,1-3H3/t16-,17-/m0/s1. The second-order valence-corrected chi connectivity index (χ2v) is 8.26. The van der Waals surface area contributed by atoms with Gasteiger partial charge in [-0.1, -0.05) is 18.2 Å². The van der Waals surface area contributed by atoms with E-state index < -0.39 is 29.7 Å². The second-order valence-electron chi connectivity index (χ2n) is 8.26. The third-order valence-electron chi connectivity index (χ3n) is 4.94. The molecule has 2 saturated heterocycles. The van der Waals surface area contributed by atoms with E-state index in [-0.39, 0.29) is 5.91 Å². The van der Waals surface area contributed by atoms with Crippen molar-refractivity contribution < 1.29 is 23.9 Å². The Morgan fingerprint density at radius 1 is 0.929 bits per heavy atom. The molecule has 2 heterocycles. The summed E-state index contributed by atoms with van der Waals surface area (Å²) >= 11 is 0. The van der Waals surface area contributed by atoms with E-state index in [2.05, 4.69) is 0 Å². The van der Waals surface area contributed by atoms with Crippen molar-refractivity contribution in [2.45, 2.75) is 64.1 Å². The van der Waals surface area contributed by atoms with Crippen molar-refractivity contribution in [3.8, 4) is 5.75 Å². The summed E-state index contributed by atoms with van der Waals surface area (Å²) in [5.41, 5.74) is -0.622. The first kappa shape index (κ1) is 20.2. The van der Waals surface area contributed by atoms with Gasteiger partial charge in [0.2, 0.25) is 5.91 Å². The van der Waals surface area contributed by atoms with Crippen LogP contribution in [0.25, 0.3) is 0 Å². The molecule has 2 atom stereocenters. The summed E-state index contributed by atoms with van der Waals surface area (Å²) in [4.78, 5) is 41.3. The Labute approximate surface area is 165 Å². The van der Waals surface area contributed by atoms with Gasteiger partial charge in [-0.05, 0) is 58.6 Å². The molecule has 1 aromatic rings. The Kier molecular flexibility index (Phi) is 5.91. The Hall–Kier alpha value is -2.57. The normalized spacial score (nSPS) is 22.2. The summed E-state index contributed by atoms with van der Waals surface area (Å²) in [7, 11) is 0. The predicted molar refractivity (Wildman–Crippen MR) is 103 cm³/mol. The van der Waals surface area contributed by atoms with Crippen molar-refractivity contribution in [3.05, 3.63) is 30.3 Å². The number of rotatable bonds is 3. The number of hydrogen-bond acceptors (Lipinski definition) is 5. The molecule has 2 amide bonds. The number of ether oxygens (including phenoxy) is 2. The van der Waals surface area contributed by atoms with Gasteiger partial charge in [0.1, 0.15) is 23.4 Å². The van der Waals surface area contributed by atoms with Crippen molar-refractivity contribution in [2.24, 2.45) is 0 Å². The zero-order valence-corrected chi connectivity index (χ0v) is 16.7. The summed E-state index contributed by atoms with van der Waals surface area (Å²) in [6, 6.07) is 7.64. The predicted octanol–water partition coefficient (Wildman–Crippen LogP) is 2.98. The van der Waals surface area contributed by atoms with Gasteiger partial charge in [-0.25, -0.2) is 9.59 Å². The third kappa shape index (κ3) is 4.64. The number of nitrogens with zero attached hydrogens (tertiary/aromatic N) is 2. The molecule has 2 fully saturated rings. The van der Waals surface area contributed by atoms with Crippen molar-refractivity contribution in [1.82, 2.24) is 9.80 Å². The monoisotopic (exact) mass is 388 g/mol. The van der Waals surface area contributed by atoms with Crippen LogP contribution >= 0.6 is 0 Å². The van der Waals surface area contributed by atoms with Gasteiger partial charge in [0, 0.05) is 13.1 Å². The van der Waals surface area contributed by atoms with Crippen LogP contribution in [0.1, 0.15) is 46.5 Å². The van der Waals surface area contributed by atoms with Crippen LogP contribution in [0.3, 0.4) is 0 Å². The van der Waals surface area contributed by atoms with E-state index in [1.165, 1.54) is 4.90 Å². The number of carbonyl (C=O) groups is 3. The van der Waals surface area contributed by atoms with E-state index in [1.807, 2.05) is 6.07 Å². The first-order valence-corrected chi connectivity index (χ1v) is 9.83. The molecule has 0 bridgehead atoms. The lowest BCUT2D eigenvalue weighted by molar-refractivity contribution is -0.148. The fourth-order valence-electron chi connectivity index (χ4n) is 3.70. The highest BCUT2D eigenvalue weighted by Gasteiger charge is 2.43. The molecule has 0 radical (unpaired) electrons. The lowest BCUT2D eigenvalue weighted by atomic mass is 10.1. The largest absolute Gasteiger partial charge is 0.444 e. The van der Waals surface area contributed by atoms with Crippen LogP contribution in [0.4, 0.5) is 4.79 Å². The molecule has 0 N–H and O–H groups in total.